The van der Waals surface area contributed by atoms with Gasteiger partial charge < -0.3 is 16.2 Å². The quantitative estimate of drug-likeness (QED) is 0.597. The van der Waals surface area contributed by atoms with E-state index in [1.807, 2.05) is 24.7 Å². The largest absolute Gasteiger partial charge is 0.496 e. The Morgan fingerprint density at radius 3 is 2.77 bits per heavy atom. The molecule has 0 saturated carbocycles. The molecule has 30 heavy (non-hydrogen) atoms. The summed E-state index contributed by atoms with van der Waals surface area (Å²) in [6.45, 7) is 8.91. The average molecular weight is 428 g/mol. The summed E-state index contributed by atoms with van der Waals surface area (Å²) in [5, 5.41) is 7.00. The van der Waals surface area contributed by atoms with Crippen LogP contribution < -0.4 is 16.2 Å². The van der Waals surface area contributed by atoms with Crippen molar-refractivity contribution in [3.63, 3.8) is 0 Å². The minimum atomic E-state index is -0.00120. The maximum atomic E-state index is 6.58. The Morgan fingerprint density at radius 1 is 1.30 bits per heavy atom. The minimum Gasteiger partial charge on any atom is -0.496 e. The molecule has 0 radical (unpaired) electrons. The number of hydrogen-bond donors (Lipinski definition) is 2. The number of nitrogens with two attached hydrogens (primary N) is 2. The summed E-state index contributed by atoms with van der Waals surface area (Å²) < 4.78 is 7.42. The first kappa shape index (κ1) is 20.9. The Morgan fingerprint density at radius 2 is 2.07 bits per heavy atom. The van der Waals surface area contributed by atoms with Gasteiger partial charge in [-0.3, -0.25) is 4.98 Å². The molecule has 4 heterocycles. The monoisotopic (exact) mass is 427 g/mol. The lowest BCUT2D eigenvalue weighted by Gasteiger charge is -2.22. The van der Waals surface area contributed by atoms with Gasteiger partial charge in [-0.2, -0.15) is 10.1 Å². The van der Waals surface area contributed by atoms with Gasteiger partial charge in [-0.15, -0.1) is 11.8 Å². The molecule has 2 atom stereocenters. The van der Waals surface area contributed by atoms with Crippen LogP contribution in [0.4, 0.5) is 5.95 Å². The number of nitrogens with zero attached hydrogens (tertiary/aromatic N) is 5. The maximum absolute atomic E-state index is 6.58. The third kappa shape index (κ3) is 3.72. The first-order valence-corrected chi connectivity index (χ1v) is 11.1. The molecule has 0 aliphatic carbocycles. The van der Waals surface area contributed by atoms with Crippen molar-refractivity contribution in [3.8, 4) is 5.75 Å². The van der Waals surface area contributed by atoms with Crippen molar-refractivity contribution in [2.45, 2.75) is 63.4 Å². The van der Waals surface area contributed by atoms with E-state index in [1.165, 1.54) is 0 Å². The molecular weight excluding hydrogens is 398 g/mol. The molecule has 1 aliphatic rings. The molecule has 2 unspecified atom stereocenters. The summed E-state index contributed by atoms with van der Waals surface area (Å²) in [6.07, 6.45) is 3.54. The number of aryl methyl sites for hydroxylation is 1. The standard InChI is InChI=1S/C21H29N7OS/c1-10(2)6-16-13(22)7-14-17-19(25-21(23)26-20(17)30-16)28(27-14)9-15-12(4)18(29-5)11(3)8-24-15/h8,10,13,16H,6-7,9,22H2,1-5H3,(H2,23,25,26). The van der Waals surface area contributed by atoms with Crippen LogP contribution in [0.25, 0.3) is 11.0 Å². The van der Waals surface area contributed by atoms with Crippen LogP contribution in [0.2, 0.25) is 0 Å². The normalized spacial score (nSPS) is 18.8. The highest BCUT2D eigenvalue weighted by Crippen LogP contribution is 2.39. The van der Waals surface area contributed by atoms with E-state index in [4.69, 9.17) is 21.3 Å². The number of thioether (sulfide) groups is 1. The van der Waals surface area contributed by atoms with Gasteiger partial charge in [0, 0.05) is 35.0 Å². The maximum Gasteiger partial charge on any atom is 0.223 e. The van der Waals surface area contributed by atoms with Gasteiger partial charge in [0.15, 0.2) is 5.65 Å². The Kier molecular flexibility index (Phi) is 5.59. The van der Waals surface area contributed by atoms with Crippen molar-refractivity contribution in [1.82, 2.24) is 24.7 Å². The van der Waals surface area contributed by atoms with Gasteiger partial charge in [-0.25, -0.2) is 9.67 Å². The highest BCUT2D eigenvalue weighted by atomic mass is 32.2. The van der Waals surface area contributed by atoms with E-state index in [1.54, 1.807) is 18.9 Å². The second-order valence-corrected chi connectivity index (χ2v) is 9.62. The molecule has 3 aromatic heterocycles. The first-order chi connectivity index (χ1) is 14.3. The van der Waals surface area contributed by atoms with Crippen molar-refractivity contribution in [2.75, 3.05) is 12.8 Å². The van der Waals surface area contributed by atoms with Gasteiger partial charge >= 0.3 is 0 Å². The lowest BCUT2D eigenvalue weighted by molar-refractivity contribution is 0.406. The van der Waals surface area contributed by atoms with E-state index in [2.05, 4.69) is 28.8 Å². The minimum absolute atomic E-state index is 0.00120. The summed E-state index contributed by atoms with van der Waals surface area (Å²) in [5.41, 5.74) is 17.2. The predicted molar refractivity (Wildman–Crippen MR) is 120 cm³/mol. The highest BCUT2D eigenvalue weighted by molar-refractivity contribution is 8.00. The topological polar surface area (TPSA) is 118 Å². The number of aromatic nitrogens is 5. The van der Waals surface area contributed by atoms with Crippen molar-refractivity contribution >= 4 is 28.7 Å². The van der Waals surface area contributed by atoms with Gasteiger partial charge in [0.1, 0.15) is 10.8 Å². The molecule has 1 aliphatic heterocycles. The number of anilines is 1. The Labute approximate surface area is 180 Å². The Balaban J connectivity index is 1.79. The molecule has 0 amide bonds. The molecule has 4 rings (SSSR count). The zero-order valence-corrected chi connectivity index (χ0v) is 19.0. The summed E-state index contributed by atoms with van der Waals surface area (Å²) in [7, 11) is 1.68. The fraction of sp³-hybridized carbons (Fsp3) is 0.524. The molecule has 0 aromatic carbocycles. The van der Waals surface area contributed by atoms with Crippen molar-refractivity contribution < 1.29 is 4.74 Å². The number of methoxy groups -OCH3 is 1. The van der Waals surface area contributed by atoms with E-state index < -0.39 is 0 Å². The van der Waals surface area contributed by atoms with Crippen molar-refractivity contribution in [2.24, 2.45) is 11.7 Å². The Bertz CT molecular complexity index is 1090. The van der Waals surface area contributed by atoms with Gasteiger partial charge in [-0.1, -0.05) is 13.8 Å². The van der Waals surface area contributed by atoms with E-state index in [-0.39, 0.29) is 17.2 Å². The number of pyridine rings is 1. The van der Waals surface area contributed by atoms with Crippen molar-refractivity contribution in [3.05, 3.63) is 28.7 Å². The smallest absolute Gasteiger partial charge is 0.223 e. The van der Waals surface area contributed by atoms with Crippen LogP contribution in [-0.2, 0) is 13.0 Å². The average Bonchev–Trinajstić information content (AvgIpc) is 2.94. The first-order valence-electron chi connectivity index (χ1n) is 10.2. The molecule has 0 saturated heterocycles. The van der Waals surface area contributed by atoms with Crippen molar-refractivity contribution in [1.29, 1.82) is 0 Å². The fourth-order valence-electron chi connectivity index (χ4n) is 4.11. The number of rotatable bonds is 5. The third-order valence-electron chi connectivity index (χ3n) is 5.57. The zero-order valence-electron chi connectivity index (χ0n) is 18.1. The molecule has 0 spiro atoms. The highest BCUT2D eigenvalue weighted by Gasteiger charge is 2.31. The molecule has 0 bridgehead atoms. The van der Waals surface area contributed by atoms with Gasteiger partial charge in [0.25, 0.3) is 0 Å². The molecular formula is C21H29N7OS. The van der Waals surface area contributed by atoms with E-state index in [0.29, 0.717) is 18.9 Å². The van der Waals surface area contributed by atoms with E-state index in [9.17, 15) is 0 Å². The van der Waals surface area contributed by atoms with E-state index >= 15 is 0 Å². The number of nitrogen functional groups attached to an aromatic ring is 1. The van der Waals surface area contributed by atoms with Gasteiger partial charge in [0.05, 0.1) is 30.4 Å². The molecule has 160 valence electrons. The van der Waals surface area contributed by atoms with Crippen LogP contribution in [0.3, 0.4) is 0 Å². The SMILES string of the molecule is COc1c(C)cnc(Cn2nc3c4c(nc(N)nc42)SC(CC(C)C)C(N)C3)c1C. The lowest BCUT2D eigenvalue weighted by Crippen LogP contribution is -2.35. The van der Waals surface area contributed by atoms with Crippen LogP contribution in [-0.4, -0.2) is 43.1 Å². The van der Waals surface area contributed by atoms with Crippen LogP contribution >= 0.6 is 11.8 Å². The summed E-state index contributed by atoms with van der Waals surface area (Å²) in [5.74, 6) is 1.66. The molecule has 0 fully saturated rings. The van der Waals surface area contributed by atoms with Crippen LogP contribution in [0.1, 0.15) is 42.8 Å². The third-order valence-corrected chi connectivity index (χ3v) is 6.93. The molecule has 8 nitrogen and oxygen atoms in total. The summed E-state index contributed by atoms with van der Waals surface area (Å²) in [6, 6.07) is -0.00120. The van der Waals surface area contributed by atoms with E-state index in [0.717, 1.165) is 50.7 Å². The number of ether oxygens (including phenoxy) is 1. The van der Waals surface area contributed by atoms with Crippen LogP contribution in [0.15, 0.2) is 11.2 Å². The fourth-order valence-corrected chi connectivity index (χ4v) is 5.62. The Hall–Kier alpha value is -2.39. The molecule has 3 aromatic rings. The second kappa shape index (κ2) is 8.03. The second-order valence-electron chi connectivity index (χ2n) is 8.39. The lowest BCUT2D eigenvalue weighted by atomic mass is 10.00. The predicted octanol–water partition coefficient (Wildman–Crippen LogP) is 2.87. The summed E-state index contributed by atoms with van der Waals surface area (Å²) >= 11 is 1.71. The van der Waals surface area contributed by atoms with Crippen LogP contribution in [0, 0.1) is 19.8 Å². The van der Waals surface area contributed by atoms with Crippen LogP contribution in [0.5, 0.6) is 5.75 Å². The molecule has 4 N–H and O–H groups in total. The zero-order chi connectivity index (χ0) is 21.6. The number of hydrogen-bond acceptors (Lipinski definition) is 8. The van der Waals surface area contributed by atoms with Gasteiger partial charge in [-0.05, 0) is 26.2 Å². The summed E-state index contributed by atoms with van der Waals surface area (Å²) in [4.78, 5) is 13.7. The molecule has 9 heteroatoms. The van der Waals surface area contributed by atoms with Gasteiger partial charge in [0.2, 0.25) is 5.95 Å².